The Balaban J connectivity index is 1.90. The van der Waals surface area contributed by atoms with Gasteiger partial charge in [0.2, 0.25) is 0 Å². The lowest BCUT2D eigenvalue weighted by Crippen LogP contribution is -2.42. The van der Waals surface area contributed by atoms with Gasteiger partial charge in [0.05, 0.1) is 0 Å². The van der Waals surface area contributed by atoms with E-state index in [0.717, 1.165) is 5.92 Å². The SMILES string of the molecule is CCCN1CCCC(C(C)Nc2cccc(I)c2)C1. The lowest BCUT2D eigenvalue weighted by molar-refractivity contribution is 0.165. The van der Waals surface area contributed by atoms with Gasteiger partial charge in [-0.2, -0.15) is 0 Å². The van der Waals surface area contributed by atoms with Crippen molar-refractivity contribution in [1.82, 2.24) is 4.90 Å². The molecule has 1 aliphatic rings. The van der Waals surface area contributed by atoms with Gasteiger partial charge in [-0.1, -0.05) is 13.0 Å². The molecule has 19 heavy (non-hydrogen) atoms. The molecule has 2 unspecified atom stereocenters. The molecular formula is C16H25IN2. The van der Waals surface area contributed by atoms with Crippen molar-refractivity contribution in [2.45, 2.75) is 39.2 Å². The summed E-state index contributed by atoms with van der Waals surface area (Å²) in [6.45, 7) is 8.41. The third-order valence-electron chi connectivity index (χ3n) is 4.01. The van der Waals surface area contributed by atoms with Gasteiger partial charge in [0.25, 0.3) is 0 Å². The van der Waals surface area contributed by atoms with Crippen molar-refractivity contribution < 1.29 is 0 Å². The van der Waals surface area contributed by atoms with Crippen LogP contribution < -0.4 is 5.32 Å². The average Bonchev–Trinajstić information content (AvgIpc) is 2.39. The summed E-state index contributed by atoms with van der Waals surface area (Å²) in [5, 5.41) is 3.68. The first-order chi connectivity index (χ1) is 9.19. The number of nitrogens with one attached hydrogen (secondary N) is 1. The summed E-state index contributed by atoms with van der Waals surface area (Å²) in [4.78, 5) is 2.63. The molecule has 3 heteroatoms. The van der Waals surface area contributed by atoms with Gasteiger partial charge in [0, 0.05) is 21.8 Å². The van der Waals surface area contributed by atoms with Crippen LogP contribution >= 0.6 is 22.6 Å². The predicted molar refractivity (Wildman–Crippen MR) is 91.7 cm³/mol. The highest BCUT2D eigenvalue weighted by atomic mass is 127. The summed E-state index contributed by atoms with van der Waals surface area (Å²) in [6.07, 6.45) is 3.98. The van der Waals surface area contributed by atoms with Crippen molar-refractivity contribution in [3.63, 3.8) is 0 Å². The second-order valence-electron chi connectivity index (χ2n) is 5.65. The molecule has 2 rings (SSSR count). The number of likely N-dealkylation sites (tertiary alicyclic amines) is 1. The quantitative estimate of drug-likeness (QED) is 0.779. The molecule has 106 valence electrons. The van der Waals surface area contributed by atoms with Crippen molar-refractivity contribution >= 4 is 28.3 Å². The molecule has 1 fully saturated rings. The lowest BCUT2D eigenvalue weighted by Gasteiger charge is -2.36. The fourth-order valence-electron chi connectivity index (χ4n) is 2.98. The van der Waals surface area contributed by atoms with Gasteiger partial charge >= 0.3 is 0 Å². The van der Waals surface area contributed by atoms with Crippen LogP contribution in [0.1, 0.15) is 33.1 Å². The molecule has 0 bridgehead atoms. The van der Waals surface area contributed by atoms with Crippen LogP contribution in [0.4, 0.5) is 5.69 Å². The first-order valence-electron chi connectivity index (χ1n) is 7.43. The maximum atomic E-state index is 3.68. The minimum Gasteiger partial charge on any atom is -0.382 e. The van der Waals surface area contributed by atoms with Crippen LogP contribution in [0.25, 0.3) is 0 Å². The van der Waals surface area contributed by atoms with E-state index in [4.69, 9.17) is 0 Å². The van der Waals surface area contributed by atoms with Crippen molar-refractivity contribution in [3.8, 4) is 0 Å². The lowest BCUT2D eigenvalue weighted by atomic mass is 9.91. The predicted octanol–water partition coefficient (Wildman–Crippen LogP) is 4.21. The molecule has 0 spiro atoms. The summed E-state index contributed by atoms with van der Waals surface area (Å²) < 4.78 is 1.30. The van der Waals surface area contributed by atoms with Gasteiger partial charge in [-0.05, 0) is 86.0 Å². The van der Waals surface area contributed by atoms with E-state index in [0.29, 0.717) is 6.04 Å². The molecule has 1 aromatic rings. The summed E-state index contributed by atoms with van der Waals surface area (Å²) in [6, 6.07) is 9.22. The van der Waals surface area contributed by atoms with Crippen molar-refractivity contribution in [1.29, 1.82) is 0 Å². The largest absolute Gasteiger partial charge is 0.382 e. The number of halogens is 1. The van der Waals surface area contributed by atoms with Crippen LogP contribution in [0.15, 0.2) is 24.3 Å². The molecule has 1 saturated heterocycles. The molecule has 1 N–H and O–H groups in total. The smallest absolute Gasteiger partial charge is 0.0352 e. The Bertz CT molecular complexity index is 392. The van der Waals surface area contributed by atoms with E-state index in [1.165, 1.54) is 48.2 Å². The monoisotopic (exact) mass is 372 g/mol. The molecule has 0 amide bonds. The molecule has 0 aromatic heterocycles. The first kappa shape index (κ1) is 15.1. The number of anilines is 1. The van der Waals surface area contributed by atoms with Gasteiger partial charge in [0.15, 0.2) is 0 Å². The highest BCUT2D eigenvalue weighted by Gasteiger charge is 2.24. The summed E-state index contributed by atoms with van der Waals surface area (Å²) in [5.41, 5.74) is 1.26. The molecule has 2 atom stereocenters. The average molecular weight is 372 g/mol. The topological polar surface area (TPSA) is 15.3 Å². The van der Waals surface area contributed by atoms with E-state index < -0.39 is 0 Å². The Hall–Kier alpha value is -0.290. The van der Waals surface area contributed by atoms with E-state index in [2.05, 4.69) is 70.9 Å². The zero-order valence-corrected chi connectivity index (χ0v) is 14.2. The molecule has 0 aliphatic carbocycles. The molecule has 1 heterocycles. The van der Waals surface area contributed by atoms with Crippen molar-refractivity contribution in [2.24, 2.45) is 5.92 Å². The third kappa shape index (κ3) is 4.63. The zero-order chi connectivity index (χ0) is 13.7. The van der Waals surface area contributed by atoms with Crippen LogP contribution in [-0.4, -0.2) is 30.6 Å². The number of benzene rings is 1. The molecule has 0 radical (unpaired) electrons. The second kappa shape index (κ2) is 7.48. The Kier molecular flexibility index (Phi) is 5.95. The highest BCUT2D eigenvalue weighted by Crippen LogP contribution is 2.23. The van der Waals surface area contributed by atoms with Crippen molar-refractivity contribution in [3.05, 3.63) is 27.8 Å². The molecule has 1 aliphatic heterocycles. The minimum atomic E-state index is 0.554. The summed E-state index contributed by atoms with van der Waals surface area (Å²) >= 11 is 2.37. The van der Waals surface area contributed by atoms with E-state index in [9.17, 15) is 0 Å². The van der Waals surface area contributed by atoms with E-state index in [1.54, 1.807) is 0 Å². The standard InChI is InChI=1S/C16H25IN2/c1-3-9-19-10-5-6-14(12-19)13(2)18-16-8-4-7-15(17)11-16/h4,7-8,11,13-14,18H,3,5-6,9-10,12H2,1-2H3. The molecule has 2 nitrogen and oxygen atoms in total. The maximum absolute atomic E-state index is 3.68. The van der Waals surface area contributed by atoms with Gasteiger partial charge in [-0.3, -0.25) is 0 Å². The Labute approximate surface area is 131 Å². The van der Waals surface area contributed by atoms with Crippen LogP contribution in [0, 0.1) is 9.49 Å². The van der Waals surface area contributed by atoms with Gasteiger partial charge < -0.3 is 10.2 Å². The number of hydrogen-bond acceptors (Lipinski definition) is 2. The molecule has 0 saturated carbocycles. The van der Waals surface area contributed by atoms with Crippen molar-refractivity contribution in [2.75, 3.05) is 25.0 Å². The Morgan fingerprint density at radius 1 is 1.47 bits per heavy atom. The third-order valence-corrected chi connectivity index (χ3v) is 4.68. The highest BCUT2D eigenvalue weighted by molar-refractivity contribution is 14.1. The Morgan fingerprint density at radius 3 is 3.05 bits per heavy atom. The molecule has 1 aromatic carbocycles. The van der Waals surface area contributed by atoms with E-state index >= 15 is 0 Å². The van der Waals surface area contributed by atoms with Gasteiger partial charge in [-0.15, -0.1) is 0 Å². The number of nitrogens with zero attached hydrogens (tertiary/aromatic N) is 1. The maximum Gasteiger partial charge on any atom is 0.0352 e. The van der Waals surface area contributed by atoms with Gasteiger partial charge in [0.1, 0.15) is 0 Å². The number of hydrogen-bond donors (Lipinski definition) is 1. The second-order valence-corrected chi connectivity index (χ2v) is 6.89. The van der Waals surface area contributed by atoms with Gasteiger partial charge in [-0.25, -0.2) is 0 Å². The summed E-state index contributed by atoms with van der Waals surface area (Å²) in [7, 11) is 0. The van der Waals surface area contributed by atoms with E-state index in [1.807, 2.05) is 0 Å². The minimum absolute atomic E-state index is 0.554. The van der Waals surface area contributed by atoms with Crippen LogP contribution in [0.2, 0.25) is 0 Å². The Morgan fingerprint density at radius 2 is 2.32 bits per heavy atom. The number of rotatable bonds is 5. The van der Waals surface area contributed by atoms with Crippen LogP contribution in [-0.2, 0) is 0 Å². The summed E-state index contributed by atoms with van der Waals surface area (Å²) in [5.74, 6) is 0.776. The van der Waals surface area contributed by atoms with Crippen LogP contribution in [0.5, 0.6) is 0 Å². The fraction of sp³-hybridized carbons (Fsp3) is 0.625. The van der Waals surface area contributed by atoms with Crippen LogP contribution in [0.3, 0.4) is 0 Å². The normalized spacial score (nSPS) is 22.2. The fourth-order valence-corrected chi connectivity index (χ4v) is 3.52. The molecular weight excluding hydrogens is 347 g/mol. The zero-order valence-electron chi connectivity index (χ0n) is 12.0. The number of piperidine rings is 1. The first-order valence-corrected chi connectivity index (χ1v) is 8.51. The van der Waals surface area contributed by atoms with E-state index in [-0.39, 0.29) is 0 Å².